The van der Waals surface area contributed by atoms with E-state index in [1.807, 2.05) is 0 Å². The van der Waals surface area contributed by atoms with E-state index in [4.69, 9.17) is 4.74 Å². The highest BCUT2D eigenvalue weighted by atomic mass is 79.9. The topological polar surface area (TPSA) is 67.4 Å². The molecule has 1 atom stereocenters. The third-order valence-corrected chi connectivity index (χ3v) is 3.46. The minimum atomic E-state index is -0.953. The van der Waals surface area contributed by atoms with Gasteiger partial charge in [0.1, 0.15) is 17.4 Å². The lowest BCUT2D eigenvalue weighted by atomic mass is 10.2. The Labute approximate surface area is 145 Å². The third kappa shape index (κ3) is 4.76. The fourth-order valence-electron chi connectivity index (χ4n) is 1.73. The molecule has 0 bridgehead atoms. The Balaban J connectivity index is 1.89. The van der Waals surface area contributed by atoms with Crippen LogP contribution in [0.4, 0.5) is 8.78 Å². The first-order chi connectivity index (χ1) is 11.4. The van der Waals surface area contributed by atoms with Crippen LogP contribution >= 0.6 is 15.9 Å². The van der Waals surface area contributed by atoms with Gasteiger partial charge in [-0.15, -0.1) is 0 Å². The van der Waals surface area contributed by atoms with Crippen molar-refractivity contribution in [3.8, 4) is 5.75 Å². The lowest BCUT2D eigenvalue weighted by Gasteiger charge is -2.15. The molecule has 2 amide bonds. The molecule has 0 heterocycles. The zero-order valence-electron chi connectivity index (χ0n) is 12.5. The fraction of sp³-hybridized carbons (Fsp3) is 0.125. The monoisotopic (exact) mass is 398 g/mol. The van der Waals surface area contributed by atoms with Gasteiger partial charge in [0.25, 0.3) is 11.8 Å². The van der Waals surface area contributed by atoms with Gasteiger partial charge in [-0.1, -0.05) is 15.9 Å². The summed E-state index contributed by atoms with van der Waals surface area (Å²) >= 11 is 3.08. The van der Waals surface area contributed by atoms with Crippen LogP contribution in [0.3, 0.4) is 0 Å². The maximum Gasteiger partial charge on any atom is 0.279 e. The molecule has 2 N–H and O–H groups in total. The Morgan fingerprint density at radius 2 is 1.75 bits per heavy atom. The quantitative estimate of drug-likeness (QED) is 0.778. The van der Waals surface area contributed by atoms with Crippen molar-refractivity contribution in [2.24, 2.45) is 0 Å². The van der Waals surface area contributed by atoms with Gasteiger partial charge < -0.3 is 4.74 Å². The van der Waals surface area contributed by atoms with Crippen LogP contribution in [0.2, 0.25) is 0 Å². The molecule has 0 saturated carbocycles. The molecule has 0 saturated heterocycles. The first-order valence-corrected chi connectivity index (χ1v) is 7.63. The molecule has 1 unspecified atom stereocenters. The molecule has 0 aliphatic rings. The molecule has 8 heteroatoms. The van der Waals surface area contributed by atoms with Crippen LogP contribution in [0.25, 0.3) is 0 Å². The molecule has 5 nitrogen and oxygen atoms in total. The molecule has 2 aromatic rings. The molecule has 0 aliphatic carbocycles. The van der Waals surface area contributed by atoms with Gasteiger partial charge in [0, 0.05) is 4.47 Å². The molecule has 0 fully saturated rings. The van der Waals surface area contributed by atoms with Crippen molar-refractivity contribution in [3.05, 3.63) is 64.1 Å². The van der Waals surface area contributed by atoms with Gasteiger partial charge in [0.15, 0.2) is 6.10 Å². The van der Waals surface area contributed by atoms with Crippen LogP contribution in [-0.2, 0) is 4.79 Å². The molecule has 0 spiro atoms. The van der Waals surface area contributed by atoms with E-state index in [0.29, 0.717) is 10.2 Å². The molecule has 0 aromatic heterocycles. The summed E-state index contributed by atoms with van der Waals surface area (Å²) in [6.07, 6.45) is -0.953. The maximum absolute atomic E-state index is 13.6. The van der Waals surface area contributed by atoms with E-state index < -0.39 is 29.6 Å². The second-order valence-electron chi connectivity index (χ2n) is 4.78. The van der Waals surface area contributed by atoms with Gasteiger partial charge in [-0.05, 0) is 49.4 Å². The lowest BCUT2D eigenvalue weighted by molar-refractivity contribution is -0.128. The molecule has 2 aromatic carbocycles. The van der Waals surface area contributed by atoms with E-state index in [2.05, 4.69) is 26.8 Å². The number of hydrogen-bond acceptors (Lipinski definition) is 3. The summed E-state index contributed by atoms with van der Waals surface area (Å²) in [7, 11) is 0. The predicted molar refractivity (Wildman–Crippen MR) is 86.2 cm³/mol. The van der Waals surface area contributed by atoms with Crippen molar-refractivity contribution in [3.63, 3.8) is 0 Å². The second kappa shape index (κ2) is 7.87. The highest BCUT2D eigenvalue weighted by Gasteiger charge is 2.17. The molecular formula is C16H13BrF2N2O3. The zero-order valence-corrected chi connectivity index (χ0v) is 14.1. The van der Waals surface area contributed by atoms with Gasteiger partial charge >= 0.3 is 0 Å². The van der Waals surface area contributed by atoms with E-state index in [1.54, 1.807) is 0 Å². The van der Waals surface area contributed by atoms with E-state index in [9.17, 15) is 18.4 Å². The van der Waals surface area contributed by atoms with Gasteiger partial charge in [0.2, 0.25) is 0 Å². The van der Waals surface area contributed by atoms with Crippen LogP contribution in [0, 0.1) is 11.6 Å². The van der Waals surface area contributed by atoms with E-state index >= 15 is 0 Å². The number of amides is 2. The average Bonchev–Trinajstić information content (AvgIpc) is 2.54. The summed E-state index contributed by atoms with van der Waals surface area (Å²) in [5.74, 6) is -2.31. The molecule has 126 valence electrons. The summed E-state index contributed by atoms with van der Waals surface area (Å²) in [5.41, 5.74) is 4.02. The van der Waals surface area contributed by atoms with Crippen LogP contribution in [-0.4, -0.2) is 17.9 Å². The highest BCUT2D eigenvalue weighted by molar-refractivity contribution is 9.10. The largest absolute Gasteiger partial charge is 0.481 e. The van der Waals surface area contributed by atoms with Crippen molar-refractivity contribution >= 4 is 27.7 Å². The lowest BCUT2D eigenvalue weighted by Crippen LogP contribution is -2.47. The van der Waals surface area contributed by atoms with Crippen molar-refractivity contribution in [2.45, 2.75) is 13.0 Å². The minimum absolute atomic E-state index is 0.217. The van der Waals surface area contributed by atoms with E-state index in [1.165, 1.54) is 43.3 Å². The number of benzene rings is 2. The summed E-state index contributed by atoms with van der Waals surface area (Å²) in [6, 6.07) is 9.04. The zero-order chi connectivity index (χ0) is 17.7. The molecule has 0 aliphatic heterocycles. The van der Waals surface area contributed by atoms with Gasteiger partial charge in [-0.2, -0.15) is 0 Å². The summed E-state index contributed by atoms with van der Waals surface area (Å²) in [6.45, 7) is 1.45. The third-order valence-electron chi connectivity index (χ3n) is 2.97. The number of hydrazine groups is 1. The Morgan fingerprint density at radius 1 is 1.08 bits per heavy atom. The van der Waals surface area contributed by atoms with Crippen LogP contribution in [0.1, 0.15) is 17.3 Å². The molecule has 0 radical (unpaired) electrons. The SMILES string of the molecule is CC(Oc1ccc(F)cc1)C(=O)NNC(=O)c1ccc(Br)cc1F. The predicted octanol–water partition coefficient (Wildman–Crippen LogP) is 2.96. The van der Waals surface area contributed by atoms with Crippen LogP contribution < -0.4 is 15.6 Å². The standard InChI is InChI=1S/C16H13BrF2N2O3/c1-9(24-12-5-3-11(18)4-6-12)15(22)20-21-16(23)13-7-2-10(17)8-14(13)19/h2-9H,1H3,(H,20,22)(H,21,23). The van der Waals surface area contributed by atoms with Crippen molar-refractivity contribution < 1.29 is 23.1 Å². The second-order valence-corrected chi connectivity index (χ2v) is 5.70. The Morgan fingerprint density at radius 3 is 2.38 bits per heavy atom. The number of carbonyl (C=O) groups is 2. The van der Waals surface area contributed by atoms with Crippen molar-refractivity contribution in [1.82, 2.24) is 10.9 Å². The summed E-state index contributed by atoms with van der Waals surface area (Å²) in [4.78, 5) is 23.7. The Bertz CT molecular complexity index is 753. The molecule has 24 heavy (non-hydrogen) atoms. The first-order valence-electron chi connectivity index (χ1n) is 6.84. The van der Waals surface area contributed by atoms with E-state index in [0.717, 1.165) is 6.07 Å². The molecule has 2 rings (SSSR count). The Kier molecular flexibility index (Phi) is 5.86. The number of halogens is 3. The number of ether oxygens (including phenoxy) is 1. The number of rotatable bonds is 4. The number of hydrogen-bond donors (Lipinski definition) is 2. The number of nitrogens with one attached hydrogen (secondary N) is 2. The maximum atomic E-state index is 13.6. The van der Waals surface area contributed by atoms with Gasteiger partial charge in [-0.3, -0.25) is 20.4 Å². The van der Waals surface area contributed by atoms with E-state index in [-0.39, 0.29) is 5.56 Å². The molecular weight excluding hydrogens is 386 g/mol. The highest BCUT2D eigenvalue weighted by Crippen LogP contribution is 2.15. The normalized spacial score (nSPS) is 11.5. The first kappa shape index (κ1) is 17.9. The number of carbonyl (C=O) groups excluding carboxylic acids is 2. The smallest absolute Gasteiger partial charge is 0.279 e. The summed E-state index contributed by atoms with van der Waals surface area (Å²) in [5, 5.41) is 0. The van der Waals surface area contributed by atoms with Crippen molar-refractivity contribution in [1.29, 1.82) is 0 Å². The van der Waals surface area contributed by atoms with Gasteiger partial charge in [0.05, 0.1) is 5.56 Å². The summed E-state index contributed by atoms with van der Waals surface area (Å²) < 4.78 is 32.2. The average molecular weight is 399 g/mol. The van der Waals surface area contributed by atoms with Crippen LogP contribution in [0.5, 0.6) is 5.75 Å². The minimum Gasteiger partial charge on any atom is -0.481 e. The Hall–Kier alpha value is -2.48. The fourth-order valence-corrected chi connectivity index (χ4v) is 2.06. The van der Waals surface area contributed by atoms with Gasteiger partial charge in [-0.25, -0.2) is 8.78 Å². The van der Waals surface area contributed by atoms with Crippen molar-refractivity contribution in [2.75, 3.05) is 0 Å². The van der Waals surface area contributed by atoms with Crippen LogP contribution in [0.15, 0.2) is 46.9 Å².